The van der Waals surface area contributed by atoms with Crippen LogP contribution in [0, 0.1) is 0 Å². The molecule has 0 spiro atoms. The molecule has 0 aromatic carbocycles. The molecule has 1 aliphatic rings. The Labute approximate surface area is 55.3 Å². The number of urea groups is 1. The van der Waals surface area contributed by atoms with Crippen molar-refractivity contribution in [3.8, 4) is 0 Å². The lowest BCUT2D eigenvalue weighted by molar-refractivity contribution is 0.217. The van der Waals surface area contributed by atoms with Crippen LogP contribution in [0.1, 0.15) is 0 Å². The van der Waals surface area contributed by atoms with Crippen LogP contribution in [0.15, 0.2) is 5.10 Å². The molecule has 0 aromatic heterocycles. The summed E-state index contributed by atoms with van der Waals surface area (Å²) >= 11 is 0. The molecule has 0 aliphatic carbocycles. The lowest BCUT2D eigenvalue weighted by atomic mass is 10.4. The van der Waals surface area contributed by atoms with Crippen LogP contribution in [-0.4, -0.2) is 24.7 Å². The fraction of sp³-hybridized carbons (Fsp3) is 0.500. The van der Waals surface area contributed by atoms with Gasteiger partial charge in [-0.25, -0.2) is 19.0 Å². The average molecular weight is 149 g/mol. The van der Waals surface area contributed by atoms with Crippen molar-refractivity contribution in [2.24, 2.45) is 5.10 Å². The third-order valence-electron chi connectivity index (χ3n) is 0.983. The zero-order valence-corrected chi connectivity index (χ0v) is 4.90. The zero-order valence-electron chi connectivity index (χ0n) is 4.90. The van der Waals surface area contributed by atoms with E-state index in [-0.39, 0.29) is 12.3 Å². The van der Waals surface area contributed by atoms with Gasteiger partial charge in [0.25, 0.3) is 6.43 Å². The molecule has 0 atom stereocenters. The van der Waals surface area contributed by atoms with Crippen LogP contribution in [-0.2, 0) is 0 Å². The molecule has 1 rings (SSSR count). The highest BCUT2D eigenvalue weighted by Gasteiger charge is 2.17. The summed E-state index contributed by atoms with van der Waals surface area (Å²) in [4.78, 5) is 10.3. The van der Waals surface area contributed by atoms with Crippen molar-refractivity contribution in [2.45, 2.75) is 6.43 Å². The minimum absolute atomic E-state index is 0.177. The van der Waals surface area contributed by atoms with E-state index in [0.29, 0.717) is 0 Å². The number of hydrogen-bond donors (Lipinski definition) is 2. The van der Waals surface area contributed by atoms with Gasteiger partial charge in [0.2, 0.25) is 0 Å². The summed E-state index contributed by atoms with van der Waals surface area (Å²) in [6, 6.07) is -0.551. The number of hydrazone groups is 1. The van der Waals surface area contributed by atoms with Crippen LogP contribution in [0.25, 0.3) is 0 Å². The maximum atomic E-state index is 11.7. The molecule has 10 heavy (non-hydrogen) atoms. The molecular formula is C4H5F2N3O. The Balaban J connectivity index is 2.56. The number of carbonyl (C=O) groups excluding carboxylic acids is 1. The summed E-state index contributed by atoms with van der Waals surface area (Å²) in [6.07, 6.45) is -2.60. The van der Waals surface area contributed by atoms with E-state index in [4.69, 9.17) is 0 Å². The Bertz CT molecular complexity index is 179. The van der Waals surface area contributed by atoms with Crippen molar-refractivity contribution >= 4 is 11.7 Å². The number of carbonyl (C=O) groups is 1. The number of amides is 2. The molecule has 0 radical (unpaired) electrons. The molecule has 1 aliphatic heterocycles. The van der Waals surface area contributed by atoms with E-state index in [1.807, 2.05) is 5.43 Å². The highest BCUT2D eigenvalue weighted by Crippen LogP contribution is 1.96. The van der Waals surface area contributed by atoms with Crippen LogP contribution >= 0.6 is 0 Å². The van der Waals surface area contributed by atoms with Gasteiger partial charge in [0, 0.05) is 0 Å². The van der Waals surface area contributed by atoms with Gasteiger partial charge < -0.3 is 5.32 Å². The van der Waals surface area contributed by atoms with Crippen LogP contribution in [0.2, 0.25) is 0 Å². The Hall–Kier alpha value is -1.20. The first-order valence-electron chi connectivity index (χ1n) is 2.58. The normalized spacial score (nSPS) is 17.9. The van der Waals surface area contributed by atoms with Gasteiger partial charge in [0.1, 0.15) is 5.71 Å². The number of nitrogens with zero attached hydrogens (tertiary/aromatic N) is 1. The van der Waals surface area contributed by atoms with E-state index in [1.165, 1.54) is 0 Å². The second-order valence-corrected chi connectivity index (χ2v) is 1.70. The van der Waals surface area contributed by atoms with Crippen LogP contribution < -0.4 is 10.7 Å². The molecular weight excluding hydrogens is 144 g/mol. The van der Waals surface area contributed by atoms with Crippen molar-refractivity contribution in [1.82, 2.24) is 10.7 Å². The molecule has 0 fully saturated rings. The molecule has 0 unspecified atom stereocenters. The molecule has 0 aromatic rings. The number of rotatable bonds is 1. The first-order chi connectivity index (χ1) is 4.70. The Morgan fingerprint density at radius 1 is 1.60 bits per heavy atom. The highest BCUT2D eigenvalue weighted by molar-refractivity contribution is 5.95. The average Bonchev–Trinajstić information content (AvgIpc) is 1.88. The predicted octanol–water partition coefficient (Wildman–Crippen LogP) is -0.0797. The molecule has 1 heterocycles. The molecule has 0 saturated heterocycles. The third-order valence-corrected chi connectivity index (χ3v) is 0.983. The minimum Gasteiger partial charge on any atom is -0.331 e. The first-order valence-corrected chi connectivity index (χ1v) is 2.58. The van der Waals surface area contributed by atoms with Crippen LogP contribution in [0.5, 0.6) is 0 Å². The lowest BCUT2D eigenvalue weighted by Crippen LogP contribution is -2.44. The zero-order chi connectivity index (χ0) is 7.56. The Morgan fingerprint density at radius 2 is 2.30 bits per heavy atom. The largest absolute Gasteiger partial charge is 0.335 e. The fourth-order valence-electron chi connectivity index (χ4n) is 0.498. The van der Waals surface area contributed by atoms with E-state index in [2.05, 4.69) is 10.4 Å². The second-order valence-electron chi connectivity index (χ2n) is 1.70. The molecule has 56 valence electrons. The van der Waals surface area contributed by atoms with Crippen molar-refractivity contribution in [1.29, 1.82) is 0 Å². The molecule has 4 nitrogen and oxygen atoms in total. The SMILES string of the molecule is O=C1NCC(C(F)F)=NN1. The number of hydrogen-bond acceptors (Lipinski definition) is 2. The monoisotopic (exact) mass is 149 g/mol. The number of alkyl halides is 2. The van der Waals surface area contributed by atoms with Gasteiger partial charge >= 0.3 is 6.03 Å². The maximum Gasteiger partial charge on any atom is 0.335 e. The van der Waals surface area contributed by atoms with Crippen LogP contribution in [0.4, 0.5) is 13.6 Å². The molecule has 0 saturated carbocycles. The minimum atomic E-state index is -2.60. The summed E-state index contributed by atoms with van der Waals surface area (Å²) in [7, 11) is 0. The molecule has 2 N–H and O–H groups in total. The fourth-order valence-corrected chi connectivity index (χ4v) is 0.498. The lowest BCUT2D eigenvalue weighted by Gasteiger charge is -2.12. The summed E-state index contributed by atoms with van der Waals surface area (Å²) in [6.45, 7) is -0.177. The Morgan fingerprint density at radius 3 is 2.70 bits per heavy atom. The smallest absolute Gasteiger partial charge is 0.331 e. The standard InChI is InChI=1S/C4H5F2N3O/c5-3(6)2-1-7-4(10)9-8-2/h3H,1H2,(H2,7,9,10). The number of nitrogens with one attached hydrogen (secondary N) is 2. The predicted molar refractivity (Wildman–Crippen MR) is 30.0 cm³/mol. The van der Waals surface area contributed by atoms with Gasteiger partial charge in [-0.3, -0.25) is 0 Å². The van der Waals surface area contributed by atoms with Gasteiger partial charge in [-0.2, -0.15) is 5.10 Å². The van der Waals surface area contributed by atoms with E-state index >= 15 is 0 Å². The van der Waals surface area contributed by atoms with E-state index in [0.717, 1.165) is 0 Å². The van der Waals surface area contributed by atoms with Gasteiger partial charge in [0.05, 0.1) is 6.54 Å². The van der Waals surface area contributed by atoms with E-state index < -0.39 is 12.5 Å². The first kappa shape index (κ1) is 6.91. The van der Waals surface area contributed by atoms with Crippen molar-refractivity contribution < 1.29 is 13.6 Å². The summed E-state index contributed by atoms with van der Waals surface area (Å²) in [5.74, 6) is 0. The highest BCUT2D eigenvalue weighted by atomic mass is 19.3. The number of halogens is 2. The van der Waals surface area contributed by atoms with Crippen molar-refractivity contribution in [3.05, 3.63) is 0 Å². The van der Waals surface area contributed by atoms with Gasteiger partial charge in [-0.1, -0.05) is 0 Å². The molecule has 0 bridgehead atoms. The third kappa shape index (κ3) is 1.40. The van der Waals surface area contributed by atoms with Gasteiger partial charge in [-0.05, 0) is 0 Å². The van der Waals surface area contributed by atoms with E-state index in [1.54, 1.807) is 0 Å². The topological polar surface area (TPSA) is 53.5 Å². The van der Waals surface area contributed by atoms with Crippen molar-refractivity contribution in [2.75, 3.05) is 6.54 Å². The van der Waals surface area contributed by atoms with Crippen LogP contribution in [0.3, 0.4) is 0 Å². The van der Waals surface area contributed by atoms with Gasteiger partial charge in [-0.15, -0.1) is 0 Å². The summed E-state index contributed by atoms with van der Waals surface area (Å²) in [5, 5.41) is 5.27. The summed E-state index contributed by atoms with van der Waals surface area (Å²) < 4.78 is 23.5. The second kappa shape index (κ2) is 2.59. The van der Waals surface area contributed by atoms with Crippen molar-refractivity contribution in [3.63, 3.8) is 0 Å². The quantitative estimate of drug-likeness (QED) is 0.538. The Kier molecular flexibility index (Phi) is 1.79. The molecule has 2 amide bonds. The maximum absolute atomic E-state index is 11.7. The summed E-state index contributed by atoms with van der Waals surface area (Å²) in [5.41, 5.74) is 1.52. The van der Waals surface area contributed by atoms with Gasteiger partial charge in [0.15, 0.2) is 0 Å². The molecule has 6 heteroatoms. The van der Waals surface area contributed by atoms with E-state index in [9.17, 15) is 13.6 Å².